The van der Waals surface area contributed by atoms with E-state index in [0.29, 0.717) is 6.42 Å². The number of ketones is 1. The smallest absolute Gasteiger partial charge is 1.00 e. The van der Waals surface area contributed by atoms with E-state index in [4.69, 9.17) is 4.55 Å². The zero-order chi connectivity index (χ0) is 20.2. The maximum absolute atomic E-state index is 11.6. The number of hydrogen-bond donors (Lipinski definition) is 2. The Labute approximate surface area is 197 Å². The van der Waals surface area contributed by atoms with Gasteiger partial charge in [-0.2, -0.15) is 8.42 Å². The van der Waals surface area contributed by atoms with Crippen molar-refractivity contribution >= 4 is 15.9 Å². The van der Waals surface area contributed by atoms with Crippen LogP contribution in [0.15, 0.2) is 12.2 Å². The topological polar surface area (TPSA) is 83.5 Å². The van der Waals surface area contributed by atoms with E-state index in [1.165, 1.54) is 57.8 Å². The predicted molar refractivity (Wildman–Crippen MR) is 115 cm³/mol. The summed E-state index contributed by atoms with van der Waals surface area (Å²) in [6.07, 6.45) is 21.2. The van der Waals surface area contributed by atoms with Gasteiger partial charge in [-0.25, -0.2) is 0 Å². The SMILES string of the molecule is CCCCCCCC/C=C\CCCCCCCC(=O)CNCCS(=O)(=O)O.[H-].[Na+]. The number of Topliss-reactive ketones (excluding diaryl/α,β-unsaturated/α-hetero) is 1. The van der Waals surface area contributed by atoms with Crippen LogP contribution < -0.4 is 34.9 Å². The summed E-state index contributed by atoms with van der Waals surface area (Å²) in [5, 5.41) is 2.75. The molecular formula is C21H42NNaO4S. The van der Waals surface area contributed by atoms with E-state index < -0.39 is 10.1 Å². The minimum atomic E-state index is -3.94. The van der Waals surface area contributed by atoms with E-state index in [9.17, 15) is 13.2 Å². The Kier molecular flexibility index (Phi) is 23.9. The molecule has 0 aliphatic rings. The zero-order valence-corrected chi connectivity index (χ0v) is 21.1. The molecule has 2 N–H and O–H groups in total. The Morgan fingerprint density at radius 1 is 0.893 bits per heavy atom. The largest absolute Gasteiger partial charge is 1.00 e. The van der Waals surface area contributed by atoms with Gasteiger partial charge in [0.25, 0.3) is 10.1 Å². The molecule has 0 amide bonds. The second-order valence-electron chi connectivity index (χ2n) is 7.34. The van der Waals surface area contributed by atoms with Crippen LogP contribution >= 0.6 is 0 Å². The van der Waals surface area contributed by atoms with Crippen molar-refractivity contribution in [2.45, 2.75) is 96.8 Å². The first kappa shape index (κ1) is 30.5. The molecule has 0 fully saturated rings. The van der Waals surface area contributed by atoms with E-state index in [2.05, 4.69) is 24.4 Å². The summed E-state index contributed by atoms with van der Waals surface area (Å²) in [4.78, 5) is 11.6. The van der Waals surface area contributed by atoms with Gasteiger partial charge in [0.05, 0.1) is 12.3 Å². The van der Waals surface area contributed by atoms with Crippen LogP contribution in [0.2, 0.25) is 0 Å². The summed E-state index contributed by atoms with van der Waals surface area (Å²) in [6, 6.07) is 0. The van der Waals surface area contributed by atoms with Crippen molar-refractivity contribution in [1.29, 1.82) is 0 Å². The molecule has 0 aromatic carbocycles. The van der Waals surface area contributed by atoms with Gasteiger partial charge < -0.3 is 6.74 Å². The fourth-order valence-electron chi connectivity index (χ4n) is 2.91. The molecule has 7 heteroatoms. The summed E-state index contributed by atoms with van der Waals surface area (Å²) in [6.45, 7) is 2.54. The molecule has 0 aromatic rings. The monoisotopic (exact) mass is 427 g/mol. The third kappa shape index (κ3) is 26.3. The van der Waals surface area contributed by atoms with Gasteiger partial charge in [0.1, 0.15) is 5.78 Å². The number of nitrogens with one attached hydrogen (secondary N) is 1. The number of carbonyl (C=O) groups is 1. The molecule has 0 heterocycles. The normalized spacial score (nSPS) is 11.6. The molecule has 0 aromatic heterocycles. The van der Waals surface area contributed by atoms with Crippen LogP contribution in [0.3, 0.4) is 0 Å². The zero-order valence-electron chi connectivity index (χ0n) is 19.3. The van der Waals surface area contributed by atoms with Gasteiger partial charge >= 0.3 is 29.6 Å². The third-order valence-corrected chi connectivity index (χ3v) is 5.30. The van der Waals surface area contributed by atoms with E-state index in [1.54, 1.807) is 0 Å². The second kappa shape index (κ2) is 22.0. The first-order valence-electron chi connectivity index (χ1n) is 10.8. The van der Waals surface area contributed by atoms with E-state index in [0.717, 1.165) is 25.7 Å². The Bertz CT molecular complexity index is 487. The molecule has 0 aliphatic carbocycles. The van der Waals surface area contributed by atoms with Gasteiger partial charge in [-0.05, 0) is 32.1 Å². The summed E-state index contributed by atoms with van der Waals surface area (Å²) >= 11 is 0. The van der Waals surface area contributed by atoms with Crippen LogP contribution in [0.25, 0.3) is 0 Å². The number of unbranched alkanes of at least 4 members (excludes halogenated alkanes) is 11. The van der Waals surface area contributed by atoms with Crippen molar-refractivity contribution in [2.24, 2.45) is 0 Å². The quantitative estimate of drug-likeness (QED) is 0.135. The van der Waals surface area contributed by atoms with Crippen LogP contribution in [0, 0.1) is 0 Å². The van der Waals surface area contributed by atoms with E-state index >= 15 is 0 Å². The van der Waals surface area contributed by atoms with Gasteiger partial charge in [-0.1, -0.05) is 70.4 Å². The molecule has 0 bridgehead atoms. The molecule has 0 saturated carbocycles. The van der Waals surface area contributed by atoms with Crippen LogP contribution in [-0.2, 0) is 14.9 Å². The standard InChI is InChI=1S/C21H41NO4S.Na.H/c1-2-3-4-5-6-7-8-9-10-11-12-13-14-15-16-17-21(23)20-22-18-19-27(24,25)26;;/h9-10,22H,2-8,11-20H2,1H3,(H,24,25,26);;/q;+1;-1/b10-9-;;. The third-order valence-electron chi connectivity index (χ3n) is 4.58. The van der Waals surface area contributed by atoms with Gasteiger partial charge in [-0.3, -0.25) is 9.35 Å². The number of rotatable bonds is 20. The summed E-state index contributed by atoms with van der Waals surface area (Å²) in [7, 11) is -3.94. The summed E-state index contributed by atoms with van der Waals surface area (Å²) < 4.78 is 29.6. The van der Waals surface area contributed by atoms with E-state index in [-0.39, 0.29) is 55.6 Å². The first-order valence-corrected chi connectivity index (χ1v) is 12.4. The average Bonchev–Trinajstić information content (AvgIpc) is 2.61. The van der Waals surface area contributed by atoms with Crippen LogP contribution in [0.5, 0.6) is 0 Å². The van der Waals surface area contributed by atoms with Crippen molar-refractivity contribution in [2.75, 3.05) is 18.8 Å². The molecule has 162 valence electrons. The van der Waals surface area contributed by atoms with Crippen LogP contribution in [-0.4, -0.2) is 37.6 Å². The van der Waals surface area contributed by atoms with Crippen LogP contribution in [0.4, 0.5) is 0 Å². The van der Waals surface area contributed by atoms with Gasteiger partial charge in [0.2, 0.25) is 0 Å². The molecule has 0 atom stereocenters. The molecule has 0 saturated heterocycles. The van der Waals surface area contributed by atoms with Gasteiger partial charge in [0, 0.05) is 13.0 Å². The molecule has 5 nitrogen and oxygen atoms in total. The first-order chi connectivity index (χ1) is 13.0. The van der Waals surface area contributed by atoms with Gasteiger partial charge in [-0.15, -0.1) is 0 Å². The van der Waals surface area contributed by atoms with E-state index in [1.807, 2.05) is 0 Å². The van der Waals surface area contributed by atoms with Crippen molar-refractivity contribution in [3.63, 3.8) is 0 Å². The average molecular weight is 428 g/mol. The Hall–Kier alpha value is 0.280. The fourth-order valence-corrected chi connectivity index (χ4v) is 3.31. The fraction of sp³-hybridized carbons (Fsp3) is 0.857. The molecule has 0 aliphatic heterocycles. The molecule has 0 spiro atoms. The van der Waals surface area contributed by atoms with Crippen molar-refractivity contribution < 1.29 is 48.7 Å². The molecule has 0 unspecified atom stereocenters. The summed E-state index contributed by atoms with van der Waals surface area (Å²) in [5.41, 5.74) is 0. The van der Waals surface area contributed by atoms with Crippen molar-refractivity contribution in [3.05, 3.63) is 12.2 Å². The van der Waals surface area contributed by atoms with Crippen LogP contribution in [0.1, 0.15) is 98.2 Å². The maximum atomic E-state index is 11.6. The number of hydrogen-bond acceptors (Lipinski definition) is 4. The Morgan fingerprint density at radius 3 is 1.93 bits per heavy atom. The minimum Gasteiger partial charge on any atom is -1.00 e. The minimum absolute atomic E-state index is 0. The second-order valence-corrected chi connectivity index (χ2v) is 8.91. The molecule has 28 heavy (non-hydrogen) atoms. The van der Waals surface area contributed by atoms with Crippen molar-refractivity contribution in [3.8, 4) is 0 Å². The number of carbonyl (C=O) groups excluding carboxylic acids is 1. The van der Waals surface area contributed by atoms with Crippen molar-refractivity contribution in [1.82, 2.24) is 5.32 Å². The molecular weight excluding hydrogens is 385 g/mol. The summed E-state index contributed by atoms with van der Waals surface area (Å²) in [5.74, 6) is -0.254. The molecule has 0 radical (unpaired) electrons. The maximum Gasteiger partial charge on any atom is 1.00 e. The van der Waals surface area contributed by atoms with Gasteiger partial charge in [0.15, 0.2) is 0 Å². The predicted octanol–water partition coefficient (Wildman–Crippen LogP) is 2.19. The number of allylic oxidation sites excluding steroid dienone is 2. The Morgan fingerprint density at radius 2 is 1.39 bits per heavy atom. The Balaban J connectivity index is -0.00000338. The molecule has 0 rings (SSSR count).